The highest BCUT2D eigenvalue weighted by molar-refractivity contribution is 5.82. The first kappa shape index (κ1) is 10.6. The first-order chi connectivity index (χ1) is 7.70. The monoisotopic (exact) mass is 222 g/mol. The van der Waals surface area contributed by atoms with Gasteiger partial charge in [-0.1, -0.05) is 0 Å². The van der Waals surface area contributed by atoms with E-state index < -0.39 is 0 Å². The Morgan fingerprint density at radius 3 is 3.00 bits per heavy atom. The second kappa shape index (κ2) is 4.31. The molecule has 1 saturated heterocycles. The van der Waals surface area contributed by atoms with Crippen molar-refractivity contribution in [1.29, 1.82) is 0 Å². The van der Waals surface area contributed by atoms with Crippen LogP contribution in [0.1, 0.15) is 0 Å². The fourth-order valence-corrected chi connectivity index (χ4v) is 1.55. The van der Waals surface area contributed by atoms with Crippen molar-refractivity contribution in [1.82, 2.24) is 14.9 Å². The Morgan fingerprint density at radius 1 is 1.50 bits per heavy atom. The number of rotatable bonds is 2. The molecule has 1 aliphatic rings. The van der Waals surface area contributed by atoms with Gasteiger partial charge in [-0.05, 0) is 6.07 Å². The lowest BCUT2D eigenvalue weighted by Crippen LogP contribution is -2.48. The van der Waals surface area contributed by atoms with E-state index in [1.807, 2.05) is 4.90 Å². The minimum atomic E-state index is 0.0899. The number of nitrogens with two attached hydrogens (primary N) is 1. The summed E-state index contributed by atoms with van der Waals surface area (Å²) in [6, 6.07) is 1.76. The van der Waals surface area contributed by atoms with Crippen LogP contribution in [0, 0.1) is 0 Å². The van der Waals surface area contributed by atoms with Gasteiger partial charge in [-0.3, -0.25) is 10.2 Å². The number of aromatic nitrogens is 2. The predicted octanol–water partition coefficient (Wildman–Crippen LogP) is -0.959. The average Bonchev–Trinajstić information content (AvgIpc) is 2.33. The molecule has 0 spiro atoms. The van der Waals surface area contributed by atoms with Gasteiger partial charge < -0.3 is 9.80 Å². The maximum absolute atomic E-state index is 11.5. The molecule has 0 radical (unpaired) electrons. The lowest BCUT2D eigenvalue weighted by molar-refractivity contribution is -0.129. The standard InChI is InChI=1S/C9H14N6O/c1-14-4-5-15(6-8(14)16)7-2-3-11-9(12-7)13-10/h2-3H,4-6,10H2,1H3,(H,11,12,13). The number of nitrogens with one attached hydrogen (secondary N) is 1. The molecule has 86 valence electrons. The molecule has 2 heterocycles. The first-order valence-electron chi connectivity index (χ1n) is 4.99. The topological polar surface area (TPSA) is 87.4 Å². The van der Waals surface area contributed by atoms with Crippen LogP contribution in [0.2, 0.25) is 0 Å². The van der Waals surface area contributed by atoms with Gasteiger partial charge in [0.2, 0.25) is 11.9 Å². The number of carbonyl (C=O) groups is 1. The van der Waals surface area contributed by atoms with E-state index in [0.29, 0.717) is 24.9 Å². The summed E-state index contributed by atoms with van der Waals surface area (Å²) < 4.78 is 0. The van der Waals surface area contributed by atoms with Crippen LogP contribution in [0.25, 0.3) is 0 Å². The number of likely N-dealkylation sites (N-methyl/N-ethyl adjacent to an activating group) is 1. The van der Waals surface area contributed by atoms with E-state index in [-0.39, 0.29) is 5.91 Å². The van der Waals surface area contributed by atoms with Crippen LogP contribution in [-0.2, 0) is 4.79 Å². The van der Waals surface area contributed by atoms with Gasteiger partial charge in [0.15, 0.2) is 0 Å². The largest absolute Gasteiger partial charge is 0.345 e. The van der Waals surface area contributed by atoms with Gasteiger partial charge in [-0.25, -0.2) is 10.8 Å². The van der Waals surface area contributed by atoms with Crippen LogP contribution < -0.4 is 16.2 Å². The fourth-order valence-electron chi connectivity index (χ4n) is 1.55. The Morgan fingerprint density at radius 2 is 2.31 bits per heavy atom. The second-order valence-electron chi connectivity index (χ2n) is 3.62. The van der Waals surface area contributed by atoms with Crippen molar-refractivity contribution in [3.63, 3.8) is 0 Å². The van der Waals surface area contributed by atoms with Gasteiger partial charge in [0.25, 0.3) is 0 Å². The van der Waals surface area contributed by atoms with Gasteiger partial charge in [0.05, 0.1) is 6.54 Å². The Kier molecular flexibility index (Phi) is 2.86. The maximum Gasteiger partial charge on any atom is 0.241 e. The quantitative estimate of drug-likeness (QED) is 0.495. The smallest absolute Gasteiger partial charge is 0.241 e. The third kappa shape index (κ3) is 2.03. The molecule has 0 unspecified atom stereocenters. The molecule has 2 rings (SSSR count). The van der Waals surface area contributed by atoms with Gasteiger partial charge in [0.1, 0.15) is 5.82 Å². The zero-order chi connectivity index (χ0) is 11.5. The molecule has 3 N–H and O–H groups in total. The molecule has 16 heavy (non-hydrogen) atoms. The van der Waals surface area contributed by atoms with Crippen molar-refractivity contribution in [3.05, 3.63) is 12.3 Å². The normalized spacial score (nSPS) is 16.5. The van der Waals surface area contributed by atoms with Crippen molar-refractivity contribution < 1.29 is 4.79 Å². The number of nitrogen functional groups attached to an aromatic ring is 1. The summed E-state index contributed by atoms with van der Waals surface area (Å²) in [4.78, 5) is 23.2. The molecule has 1 aromatic heterocycles. The van der Waals surface area contributed by atoms with E-state index in [9.17, 15) is 4.79 Å². The van der Waals surface area contributed by atoms with Crippen LogP contribution in [-0.4, -0.2) is 47.5 Å². The summed E-state index contributed by atoms with van der Waals surface area (Å²) in [6.45, 7) is 1.81. The fraction of sp³-hybridized carbons (Fsp3) is 0.444. The van der Waals surface area contributed by atoms with Gasteiger partial charge in [0, 0.05) is 26.3 Å². The third-order valence-electron chi connectivity index (χ3n) is 2.55. The number of carbonyl (C=O) groups excluding carboxylic acids is 1. The van der Waals surface area contributed by atoms with E-state index in [2.05, 4.69) is 15.4 Å². The second-order valence-corrected chi connectivity index (χ2v) is 3.62. The Bertz CT molecular complexity index is 395. The van der Waals surface area contributed by atoms with Crippen LogP contribution in [0.4, 0.5) is 11.8 Å². The number of piperazine rings is 1. The zero-order valence-corrected chi connectivity index (χ0v) is 9.05. The summed E-state index contributed by atoms with van der Waals surface area (Å²) >= 11 is 0. The van der Waals surface area contributed by atoms with Crippen LogP contribution in [0.3, 0.4) is 0 Å². The highest BCUT2D eigenvalue weighted by Gasteiger charge is 2.21. The molecule has 0 atom stereocenters. The molecular weight excluding hydrogens is 208 g/mol. The molecule has 1 amide bonds. The minimum absolute atomic E-state index is 0.0899. The third-order valence-corrected chi connectivity index (χ3v) is 2.55. The van der Waals surface area contributed by atoms with Gasteiger partial charge in [-0.2, -0.15) is 4.98 Å². The molecule has 1 aromatic rings. The molecule has 1 fully saturated rings. The van der Waals surface area contributed by atoms with E-state index >= 15 is 0 Å². The highest BCUT2D eigenvalue weighted by atomic mass is 16.2. The van der Waals surface area contributed by atoms with Crippen LogP contribution in [0.15, 0.2) is 12.3 Å². The van der Waals surface area contributed by atoms with Crippen molar-refractivity contribution in [2.45, 2.75) is 0 Å². The lowest BCUT2D eigenvalue weighted by atomic mass is 10.3. The molecule has 0 aromatic carbocycles. The van der Waals surface area contributed by atoms with E-state index in [4.69, 9.17) is 5.84 Å². The van der Waals surface area contributed by atoms with Crippen LogP contribution in [0.5, 0.6) is 0 Å². The van der Waals surface area contributed by atoms with E-state index in [1.54, 1.807) is 24.2 Å². The minimum Gasteiger partial charge on any atom is -0.345 e. The number of hydrazine groups is 1. The van der Waals surface area contributed by atoms with Gasteiger partial charge >= 0.3 is 0 Å². The number of anilines is 2. The molecule has 7 nitrogen and oxygen atoms in total. The molecule has 7 heteroatoms. The van der Waals surface area contributed by atoms with Gasteiger partial charge in [-0.15, -0.1) is 0 Å². The summed E-state index contributed by atoms with van der Waals surface area (Å²) in [5.41, 5.74) is 2.38. The van der Waals surface area contributed by atoms with Crippen molar-refractivity contribution in [3.8, 4) is 0 Å². The molecule has 1 aliphatic heterocycles. The first-order valence-corrected chi connectivity index (χ1v) is 4.99. The lowest BCUT2D eigenvalue weighted by Gasteiger charge is -2.32. The summed E-state index contributed by atoms with van der Waals surface area (Å²) in [6.07, 6.45) is 1.61. The number of amides is 1. The molecule has 0 saturated carbocycles. The average molecular weight is 222 g/mol. The van der Waals surface area contributed by atoms with Crippen molar-refractivity contribution >= 4 is 17.7 Å². The molecular formula is C9H14N6O. The number of nitrogens with zero attached hydrogens (tertiary/aromatic N) is 4. The highest BCUT2D eigenvalue weighted by Crippen LogP contribution is 2.14. The predicted molar refractivity (Wildman–Crippen MR) is 59.7 cm³/mol. The van der Waals surface area contributed by atoms with Crippen LogP contribution >= 0.6 is 0 Å². The zero-order valence-electron chi connectivity index (χ0n) is 9.05. The Hall–Kier alpha value is -1.89. The van der Waals surface area contributed by atoms with Crippen molar-refractivity contribution in [2.75, 3.05) is 37.0 Å². The number of hydrogen-bond acceptors (Lipinski definition) is 6. The molecule has 0 bridgehead atoms. The molecule has 0 aliphatic carbocycles. The summed E-state index contributed by atoms with van der Waals surface area (Å²) in [7, 11) is 1.80. The SMILES string of the molecule is CN1CCN(c2ccnc(NN)n2)CC1=O. The summed E-state index contributed by atoms with van der Waals surface area (Å²) in [5.74, 6) is 6.38. The van der Waals surface area contributed by atoms with Crippen molar-refractivity contribution in [2.24, 2.45) is 5.84 Å². The van der Waals surface area contributed by atoms with E-state index in [1.165, 1.54) is 0 Å². The maximum atomic E-state index is 11.5. The summed E-state index contributed by atoms with van der Waals surface area (Å²) in [5, 5.41) is 0. The Labute approximate surface area is 93.2 Å². The Balaban J connectivity index is 2.15. The van der Waals surface area contributed by atoms with E-state index in [0.717, 1.165) is 6.54 Å². The number of hydrogen-bond donors (Lipinski definition) is 2.